The van der Waals surface area contributed by atoms with Crippen LogP contribution in [0.1, 0.15) is 22.6 Å². The summed E-state index contributed by atoms with van der Waals surface area (Å²) in [7, 11) is 2.10. The number of anilines is 1. The molecule has 28 heavy (non-hydrogen) atoms. The third-order valence-corrected chi connectivity index (χ3v) is 6.07. The number of likely N-dealkylation sites (N-methyl/N-ethyl adjacent to an activating group) is 1. The maximum absolute atomic E-state index is 12.5. The van der Waals surface area contributed by atoms with Gasteiger partial charge in [-0.05, 0) is 32.3 Å². The Morgan fingerprint density at radius 1 is 1.43 bits per heavy atom. The van der Waals surface area contributed by atoms with E-state index in [0.29, 0.717) is 22.9 Å². The van der Waals surface area contributed by atoms with E-state index in [0.717, 1.165) is 42.2 Å². The number of nitrogens with zero attached hydrogens (tertiary/aromatic N) is 4. The summed E-state index contributed by atoms with van der Waals surface area (Å²) in [5.74, 6) is 0.673. The molecule has 3 aromatic rings. The number of H-pyrrole nitrogens is 1. The molecule has 0 radical (unpaired) electrons. The number of aromatic nitrogens is 4. The Hall–Kier alpha value is -2.36. The molecule has 146 valence electrons. The van der Waals surface area contributed by atoms with Crippen molar-refractivity contribution in [2.45, 2.75) is 32.9 Å². The number of fused-ring (bicyclic) bond motifs is 1. The Labute approximate surface area is 172 Å². The molecular weight excluding hydrogens is 392 g/mol. The molecule has 0 saturated carbocycles. The number of benzene rings is 1. The number of carbonyl (C=O) groups is 1. The van der Waals surface area contributed by atoms with Gasteiger partial charge in [-0.3, -0.25) is 14.5 Å². The van der Waals surface area contributed by atoms with Crippen molar-refractivity contribution >= 4 is 34.6 Å². The maximum atomic E-state index is 12.5. The van der Waals surface area contributed by atoms with Gasteiger partial charge in [-0.2, -0.15) is 5.10 Å². The second kappa shape index (κ2) is 7.94. The number of amides is 1. The molecule has 0 spiro atoms. The third-order valence-electron chi connectivity index (χ3n) is 4.77. The Balaban J connectivity index is 1.43. The van der Waals surface area contributed by atoms with E-state index < -0.39 is 0 Å². The Kier molecular flexibility index (Phi) is 5.38. The van der Waals surface area contributed by atoms with Gasteiger partial charge in [0.15, 0.2) is 15.7 Å². The van der Waals surface area contributed by atoms with Crippen molar-refractivity contribution in [3.05, 3.63) is 45.2 Å². The normalized spacial score (nSPS) is 14.1. The van der Waals surface area contributed by atoms with Crippen molar-refractivity contribution in [3.8, 4) is 11.4 Å². The van der Waals surface area contributed by atoms with Crippen molar-refractivity contribution < 1.29 is 4.79 Å². The van der Waals surface area contributed by atoms with Crippen LogP contribution in [-0.2, 0) is 24.3 Å². The highest BCUT2D eigenvalue weighted by molar-refractivity contribution is 7.71. The standard InChI is InChI=1S/C19H22N6OS2/c1-12-4-3-5-13(10-12)17-22-23-19(27)25(17)9-7-16(26)21-18-20-14-6-8-24(2)11-15(14)28-18/h3-5,10H,6-9,11H2,1-2H3,(H,23,27)(H,20,21,26). The molecule has 3 heterocycles. The first kappa shape index (κ1) is 19.0. The van der Waals surface area contributed by atoms with Crippen LogP contribution < -0.4 is 5.32 Å². The lowest BCUT2D eigenvalue weighted by Gasteiger charge is -2.20. The first-order chi connectivity index (χ1) is 13.5. The van der Waals surface area contributed by atoms with Crippen LogP contribution in [0.2, 0.25) is 0 Å². The van der Waals surface area contributed by atoms with Gasteiger partial charge in [-0.25, -0.2) is 4.98 Å². The Bertz CT molecular complexity index is 1070. The van der Waals surface area contributed by atoms with Gasteiger partial charge in [-0.15, -0.1) is 11.3 Å². The molecule has 4 rings (SSSR count). The molecule has 1 aliphatic heterocycles. The predicted molar refractivity (Wildman–Crippen MR) is 113 cm³/mol. The fourth-order valence-corrected chi connectivity index (χ4v) is 4.63. The van der Waals surface area contributed by atoms with Crippen LogP contribution in [0.15, 0.2) is 24.3 Å². The van der Waals surface area contributed by atoms with Crippen molar-refractivity contribution in [2.24, 2.45) is 0 Å². The minimum absolute atomic E-state index is 0.0715. The lowest BCUT2D eigenvalue weighted by atomic mass is 10.1. The van der Waals surface area contributed by atoms with Crippen LogP contribution in [0.5, 0.6) is 0 Å². The zero-order valence-electron chi connectivity index (χ0n) is 15.9. The molecule has 7 nitrogen and oxygen atoms in total. The summed E-state index contributed by atoms with van der Waals surface area (Å²) in [4.78, 5) is 20.5. The van der Waals surface area contributed by atoms with E-state index in [4.69, 9.17) is 12.2 Å². The van der Waals surface area contributed by atoms with E-state index in [-0.39, 0.29) is 5.91 Å². The fraction of sp³-hybridized carbons (Fsp3) is 0.368. The van der Waals surface area contributed by atoms with Crippen LogP contribution in [0.3, 0.4) is 0 Å². The Morgan fingerprint density at radius 2 is 2.29 bits per heavy atom. The smallest absolute Gasteiger partial charge is 0.227 e. The molecule has 0 unspecified atom stereocenters. The van der Waals surface area contributed by atoms with Gasteiger partial charge in [0.1, 0.15) is 0 Å². The lowest BCUT2D eigenvalue weighted by molar-refractivity contribution is -0.116. The van der Waals surface area contributed by atoms with E-state index in [1.54, 1.807) is 11.3 Å². The van der Waals surface area contributed by atoms with Crippen molar-refractivity contribution in [1.82, 2.24) is 24.6 Å². The largest absolute Gasteiger partial charge is 0.302 e. The van der Waals surface area contributed by atoms with Gasteiger partial charge < -0.3 is 10.2 Å². The minimum Gasteiger partial charge on any atom is -0.302 e. The highest BCUT2D eigenvalue weighted by Gasteiger charge is 2.19. The molecule has 2 aromatic heterocycles. The summed E-state index contributed by atoms with van der Waals surface area (Å²) in [6, 6.07) is 8.07. The average Bonchev–Trinajstić information content (AvgIpc) is 3.22. The second-order valence-corrected chi connectivity index (χ2v) is 8.52. The number of nitrogens with one attached hydrogen (secondary N) is 2. The molecule has 0 saturated heterocycles. The van der Waals surface area contributed by atoms with Crippen LogP contribution in [-0.4, -0.2) is 44.1 Å². The molecule has 0 aliphatic carbocycles. The first-order valence-electron chi connectivity index (χ1n) is 9.19. The van der Waals surface area contributed by atoms with Crippen molar-refractivity contribution in [2.75, 3.05) is 18.9 Å². The zero-order chi connectivity index (χ0) is 19.7. The number of carbonyl (C=O) groups excluding carboxylic acids is 1. The summed E-state index contributed by atoms with van der Waals surface area (Å²) in [5, 5.41) is 10.8. The molecule has 1 aromatic carbocycles. The van der Waals surface area contributed by atoms with Gasteiger partial charge >= 0.3 is 0 Å². The monoisotopic (exact) mass is 414 g/mol. The SMILES string of the molecule is Cc1cccc(-c2n[nH]c(=S)n2CCC(=O)Nc2nc3c(s2)CN(C)CC3)c1. The highest BCUT2D eigenvalue weighted by Crippen LogP contribution is 2.27. The maximum Gasteiger partial charge on any atom is 0.227 e. The lowest BCUT2D eigenvalue weighted by Crippen LogP contribution is -2.25. The quantitative estimate of drug-likeness (QED) is 0.626. The molecule has 1 amide bonds. The van der Waals surface area contributed by atoms with Crippen LogP contribution in [0.4, 0.5) is 5.13 Å². The Morgan fingerprint density at radius 3 is 3.11 bits per heavy atom. The van der Waals surface area contributed by atoms with Gasteiger partial charge in [0.05, 0.1) is 5.69 Å². The van der Waals surface area contributed by atoms with E-state index in [1.165, 1.54) is 4.88 Å². The van der Waals surface area contributed by atoms with E-state index in [1.807, 2.05) is 29.7 Å². The van der Waals surface area contributed by atoms with Crippen molar-refractivity contribution in [3.63, 3.8) is 0 Å². The van der Waals surface area contributed by atoms with Gasteiger partial charge in [0.2, 0.25) is 5.91 Å². The zero-order valence-corrected chi connectivity index (χ0v) is 17.5. The summed E-state index contributed by atoms with van der Waals surface area (Å²) < 4.78 is 2.38. The molecular formula is C19H22N6OS2. The van der Waals surface area contributed by atoms with Crippen molar-refractivity contribution in [1.29, 1.82) is 0 Å². The van der Waals surface area contributed by atoms with E-state index >= 15 is 0 Å². The molecule has 1 aliphatic rings. The topological polar surface area (TPSA) is 78.8 Å². The third kappa shape index (κ3) is 4.06. The minimum atomic E-state index is -0.0715. The van der Waals surface area contributed by atoms with Gasteiger partial charge in [0, 0.05) is 42.9 Å². The summed E-state index contributed by atoms with van der Waals surface area (Å²) in [5.41, 5.74) is 3.23. The first-order valence-corrected chi connectivity index (χ1v) is 10.4. The van der Waals surface area contributed by atoms with Crippen LogP contribution >= 0.6 is 23.6 Å². The van der Waals surface area contributed by atoms with Crippen LogP contribution in [0.25, 0.3) is 11.4 Å². The predicted octanol–water partition coefficient (Wildman–Crippen LogP) is 3.39. The molecule has 0 fully saturated rings. The second-order valence-electron chi connectivity index (χ2n) is 7.05. The number of aryl methyl sites for hydroxylation is 1. The van der Waals surface area contributed by atoms with E-state index in [2.05, 4.69) is 38.5 Å². The number of thiazole rings is 1. The summed E-state index contributed by atoms with van der Waals surface area (Å²) >= 11 is 6.92. The van der Waals surface area contributed by atoms with E-state index in [9.17, 15) is 4.79 Å². The fourth-order valence-electron chi connectivity index (χ4n) is 3.30. The number of hydrogen-bond acceptors (Lipinski definition) is 6. The number of aromatic amines is 1. The number of hydrogen-bond donors (Lipinski definition) is 2. The summed E-state index contributed by atoms with van der Waals surface area (Å²) in [6.45, 7) is 4.39. The highest BCUT2D eigenvalue weighted by atomic mass is 32.1. The average molecular weight is 415 g/mol. The van der Waals surface area contributed by atoms with Crippen LogP contribution in [0, 0.1) is 11.7 Å². The number of rotatable bonds is 5. The van der Waals surface area contributed by atoms with Gasteiger partial charge in [-0.1, -0.05) is 23.8 Å². The summed E-state index contributed by atoms with van der Waals surface area (Å²) in [6.07, 6.45) is 1.24. The van der Waals surface area contributed by atoms with Gasteiger partial charge in [0.25, 0.3) is 0 Å². The molecule has 0 bridgehead atoms. The molecule has 2 N–H and O–H groups in total. The molecule has 9 heteroatoms. The molecule has 0 atom stereocenters.